The van der Waals surface area contributed by atoms with Gasteiger partial charge in [0.25, 0.3) is 5.91 Å². The maximum absolute atomic E-state index is 12.3. The summed E-state index contributed by atoms with van der Waals surface area (Å²) < 4.78 is 5.58. The van der Waals surface area contributed by atoms with Crippen LogP contribution in [0.1, 0.15) is 37.0 Å². The van der Waals surface area contributed by atoms with Gasteiger partial charge in [-0.2, -0.15) is 0 Å². The van der Waals surface area contributed by atoms with E-state index in [9.17, 15) is 4.79 Å². The first-order chi connectivity index (χ1) is 9.06. The number of halogens is 1. The standard InChI is InChI=1S/C15H20BrNO2/c1-11(2)19-14-5-3-12(4-6-14)15(18)17-9-7-13(16)8-10-17/h3-6,11,13H,7-10H2,1-2H3. The average Bonchev–Trinajstić information content (AvgIpc) is 2.39. The van der Waals surface area contributed by atoms with Crippen molar-refractivity contribution < 1.29 is 9.53 Å². The number of amides is 1. The van der Waals surface area contributed by atoms with E-state index in [-0.39, 0.29) is 12.0 Å². The minimum absolute atomic E-state index is 0.121. The second-order valence-electron chi connectivity index (χ2n) is 5.16. The molecule has 1 fully saturated rings. The van der Waals surface area contributed by atoms with E-state index in [1.54, 1.807) is 0 Å². The van der Waals surface area contributed by atoms with E-state index in [4.69, 9.17) is 4.74 Å². The fourth-order valence-corrected chi connectivity index (χ4v) is 2.59. The molecule has 1 aromatic rings. The Kier molecular flexibility index (Phi) is 4.86. The van der Waals surface area contributed by atoms with Gasteiger partial charge in [-0.15, -0.1) is 0 Å². The van der Waals surface area contributed by atoms with Crippen molar-refractivity contribution in [3.8, 4) is 5.75 Å². The van der Waals surface area contributed by atoms with Gasteiger partial charge in [0.1, 0.15) is 5.75 Å². The number of ether oxygens (including phenoxy) is 1. The third-order valence-corrected chi connectivity index (χ3v) is 4.10. The minimum Gasteiger partial charge on any atom is -0.491 e. The van der Waals surface area contributed by atoms with Crippen LogP contribution in [0.5, 0.6) is 5.75 Å². The molecule has 0 radical (unpaired) electrons. The van der Waals surface area contributed by atoms with Crippen molar-refractivity contribution in [2.45, 2.75) is 37.6 Å². The van der Waals surface area contributed by atoms with E-state index in [2.05, 4.69) is 15.9 Å². The van der Waals surface area contributed by atoms with Crippen molar-refractivity contribution in [2.75, 3.05) is 13.1 Å². The van der Waals surface area contributed by atoms with Gasteiger partial charge in [-0.3, -0.25) is 4.79 Å². The van der Waals surface area contributed by atoms with Crippen LogP contribution >= 0.6 is 15.9 Å². The Labute approximate surface area is 123 Å². The van der Waals surface area contributed by atoms with Crippen LogP contribution in [0.15, 0.2) is 24.3 Å². The molecule has 3 nitrogen and oxygen atoms in total. The summed E-state index contributed by atoms with van der Waals surface area (Å²) in [6, 6.07) is 7.43. The molecular weight excluding hydrogens is 306 g/mol. The third kappa shape index (κ3) is 3.96. The highest BCUT2D eigenvalue weighted by molar-refractivity contribution is 9.09. The highest BCUT2D eigenvalue weighted by Crippen LogP contribution is 2.20. The number of benzene rings is 1. The second-order valence-corrected chi connectivity index (χ2v) is 6.45. The zero-order valence-electron chi connectivity index (χ0n) is 11.4. The summed E-state index contributed by atoms with van der Waals surface area (Å²) in [5.41, 5.74) is 0.740. The molecule has 19 heavy (non-hydrogen) atoms. The summed E-state index contributed by atoms with van der Waals surface area (Å²) in [7, 11) is 0. The first-order valence-corrected chi connectivity index (χ1v) is 7.68. The topological polar surface area (TPSA) is 29.5 Å². The van der Waals surface area contributed by atoms with Gasteiger partial charge in [0.2, 0.25) is 0 Å². The Balaban J connectivity index is 1.99. The Morgan fingerprint density at radius 2 is 1.84 bits per heavy atom. The van der Waals surface area contributed by atoms with Gasteiger partial charge >= 0.3 is 0 Å². The molecule has 1 heterocycles. The molecular formula is C15H20BrNO2. The number of carbonyl (C=O) groups is 1. The average molecular weight is 326 g/mol. The van der Waals surface area contributed by atoms with Crippen LogP contribution in [0.4, 0.5) is 0 Å². The monoisotopic (exact) mass is 325 g/mol. The summed E-state index contributed by atoms with van der Waals surface area (Å²) in [4.78, 5) is 14.8. The number of piperidine rings is 1. The zero-order valence-corrected chi connectivity index (χ0v) is 13.0. The van der Waals surface area contributed by atoms with Crippen molar-refractivity contribution in [3.05, 3.63) is 29.8 Å². The predicted molar refractivity (Wildman–Crippen MR) is 80.1 cm³/mol. The van der Waals surface area contributed by atoms with Crippen LogP contribution in [0, 0.1) is 0 Å². The van der Waals surface area contributed by atoms with Crippen LogP contribution in [0.2, 0.25) is 0 Å². The summed E-state index contributed by atoms with van der Waals surface area (Å²) in [5.74, 6) is 0.932. The van der Waals surface area contributed by atoms with Gasteiger partial charge in [-0.1, -0.05) is 15.9 Å². The number of likely N-dealkylation sites (tertiary alicyclic amines) is 1. The number of hydrogen-bond donors (Lipinski definition) is 0. The Hall–Kier alpha value is -1.03. The smallest absolute Gasteiger partial charge is 0.253 e. The second kappa shape index (κ2) is 6.42. The highest BCUT2D eigenvalue weighted by atomic mass is 79.9. The molecule has 0 saturated carbocycles. The molecule has 0 bridgehead atoms. The lowest BCUT2D eigenvalue weighted by Gasteiger charge is -2.29. The maximum Gasteiger partial charge on any atom is 0.253 e. The minimum atomic E-state index is 0.121. The van der Waals surface area contributed by atoms with Crippen molar-refractivity contribution in [1.29, 1.82) is 0 Å². The lowest BCUT2D eigenvalue weighted by atomic mass is 10.1. The van der Waals surface area contributed by atoms with Gasteiger partial charge in [0.05, 0.1) is 6.10 Å². The normalized spacial score (nSPS) is 16.7. The van der Waals surface area contributed by atoms with Crippen molar-refractivity contribution in [3.63, 3.8) is 0 Å². The van der Waals surface area contributed by atoms with Crippen LogP contribution < -0.4 is 4.74 Å². The molecule has 1 aromatic carbocycles. The van der Waals surface area contributed by atoms with Crippen LogP contribution in [0.25, 0.3) is 0 Å². The highest BCUT2D eigenvalue weighted by Gasteiger charge is 2.21. The van der Waals surface area contributed by atoms with Crippen molar-refractivity contribution >= 4 is 21.8 Å². The van der Waals surface area contributed by atoms with Gasteiger partial charge in [-0.05, 0) is 51.0 Å². The summed E-state index contributed by atoms with van der Waals surface area (Å²) >= 11 is 3.60. The Bertz CT molecular complexity index is 422. The molecule has 1 aliphatic rings. The van der Waals surface area contributed by atoms with E-state index in [1.165, 1.54) is 0 Å². The first kappa shape index (κ1) is 14.4. The van der Waals surface area contributed by atoms with E-state index >= 15 is 0 Å². The van der Waals surface area contributed by atoms with E-state index < -0.39 is 0 Å². The van der Waals surface area contributed by atoms with E-state index in [1.807, 2.05) is 43.0 Å². The number of carbonyl (C=O) groups excluding carboxylic acids is 1. The summed E-state index contributed by atoms with van der Waals surface area (Å²) in [6.45, 7) is 5.64. The number of hydrogen-bond acceptors (Lipinski definition) is 2. The SMILES string of the molecule is CC(C)Oc1ccc(C(=O)N2CCC(Br)CC2)cc1. The molecule has 4 heteroatoms. The lowest BCUT2D eigenvalue weighted by molar-refractivity contribution is 0.0728. The van der Waals surface area contributed by atoms with Crippen LogP contribution in [-0.2, 0) is 0 Å². The Morgan fingerprint density at radius 1 is 1.26 bits per heavy atom. The lowest BCUT2D eigenvalue weighted by Crippen LogP contribution is -2.38. The quantitative estimate of drug-likeness (QED) is 0.796. The fourth-order valence-electron chi connectivity index (χ4n) is 2.18. The van der Waals surface area contributed by atoms with Crippen LogP contribution in [-0.4, -0.2) is 34.8 Å². The van der Waals surface area contributed by atoms with Gasteiger partial charge < -0.3 is 9.64 Å². The van der Waals surface area contributed by atoms with Crippen LogP contribution in [0.3, 0.4) is 0 Å². The Morgan fingerprint density at radius 3 is 2.37 bits per heavy atom. The maximum atomic E-state index is 12.3. The molecule has 1 amide bonds. The van der Waals surface area contributed by atoms with Gasteiger partial charge in [0, 0.05) is 23.5 Å². The predicted octanol–water partition coefficient (Wildman–Crippen LogP) is 3.47. The molecule has 104 valence electrons. The number of nitrogens with zero attached hydrogens (tertiary/aromatic N) is 1. The molecule has 1 saturated heterocycles. The largest absolute Gasteiger partial charge is 0.491 e. The molecule has 0 spiro atoms. The van der Waals surface area contributed by atoms with Gasteiger partial charge in [0.15, 0.2) is 0 Å². The number of rotatable bonds is 3. The summed E-state index contributed by atoms with van der Waals surface area (Å²) in [6.07, 6.45) is 2.21. The molecule has 1 aliphatic heterocycles. The molecule has 0 aliphatic carbocycles. The van der Waals surface area contributed by atoms with Gasteiger partial charge in [-0.25, -0.2) is 0 Å². The zero-order chi connectivity index (χ0) is 13.8. The third-order valence-electron chi connectivity index (χ3n) is 3.18. The molecule has 0 atom stereocenters. The number of alkyl halides is 1. The van der Waals surface area contributed by atoms with Crippen molar-refractivity contribution in [2.24, 2.45) is 0 Å². The molecule has 2 rings (SSSR count). The summed E-state index contributed by atoms with van der Waals surface area (Å²) in [5, 5.41) is 0. The van der Waals surface area contributed by atoms with E-state index in [0.717, 1.165) is 37.2 Å². The molecule has 0 unspecified atom stereocenters. The van der Waals surface area contributed by atoms with Crippen molar-refractivity contribution in [1.82, 2.24) is 4.90 Å². The molecule has 0 N–H and O–H groups in total. The van der Waals surface area contributed by atoms with E-state index in [0.29, 0.717) is 4.83 Å². The molecule has 0 aromatic heterocycles. The first-order valence-electron chi connectivity index (χ1n) is 6.76. The fraction of sp³-hybridized carbons (Fsp3) is 0.533.